The summed E-state index contributed by atoms with van der Waals surface area (Å²) in [5.74, 6) is 6.03. The second-order valence-corrected chi connectivity index (χ2v) is 4.37. The molecule has 5 heteroatoms. The van der Waals surface area contributed by atoms with Crippen molar-refractivity contribution >= 4 is 5.91 Å². The first-order valence-electron chi connectivity index (χ1n) is 5.95. The molecule has 17 heavy (non-hydrogen) atoms. The third kappa shape index (κ3) is 3.08. The van der Waals surface area contributed by atoms with Gasteiger partial charge in [-0.15, -0.1) is 0 Å². The smallest absolute Gasteiger partial charge is 0.289 e. The molecule has 0 aliphatic carbocycles. The monoisotopic (exact) mass is 238 g/mol. The van der Waals surface area contributed by atoms with Crippen molar-refractivity contribution in [3.05, 3.63) is 24.2 Å². The first kappa shape index (κ1) is 12.1. The Bertz CT molecular complexity index is 343. The highest BCUT2D eigenvalue weighted by Gasteiger charge is 2.24. The van der Waals surface area contributed by atoms with E-state index in [2.05, 4.69) is 4.84 Å². The number of carbonyl (C=O) groups excluding carboxylic acids is 1. The lowest BCUT2D eigenvalue weighted by molar-refractivity contribution is 0.0621. The van der Waals surface area contributed by atoms with Crippen molar-refractivity contribution in [2.24, 2.45) is 11.8 Å². The number of rotatable bonds is 4. The molecule has 2 heterocycles. The molecule has 94 valence electrons. The lowest BCUT2D eigenvalue weighted by Crippen LogP contribution is -2.38. The normalized spacial score (nSPS) is 17.4. The second-order valence-electron chi connectivity index (χ2n) is 4.37. The fraction of sp³-hybridized carbons (Fsp3) is 0.583. The second kappa shape index (κ2) is 5.84. The van der Waals surface area contributed by atoms with Gasteiger partial charge in [0.25, 0.3) is 5.91 Å². The summed E-state index contributed by atoms with van der Waals surface area (Å²) in [6, 6.07) is 3.44. The molecule has 1 aromatic rings. The molecule has 0 saturated carbocycles. The Kier molecular flexibility index (Phi) is 4.17. The number of piperidine rings is 1. The summed E-state index contributed by atoms with van der Waals surface area (Å²) in [5, 5.41) is 0. The van der Waals surface area contributed by atoms with Crippen LogP contribution in [0, 0.1) is 5.92 Å². The molecule has 0 aromatic carbocycles. The zero-order chi connectivity index (χ0) is 12.1. The highest BCUT2D eigenvalue weighted by Crippen LogP contribution is 2.21. The van der Waals surface area contributed by atoms with Gasteiger partial charge in [0.05, 0.1) is 12.9 Å². The largest absolute Gasteiger partial charge is 0.459 e. The maximum absolute atomic E-state index is 12.0. The molecule has 0 atom stereocenters. The molecule has 1 saturated heterocycles. The Hall–Kier alpha value is -1.33. The van der Waals surface area contributed by atoms with Crippen LogP contribution in [0.1, 0.15) is 29.8 Å². The van der Waals surface area contributed by atoms with E-state index >= 15 is 0 Å². The van der Waals surface area contributed by atoms with Crippen LogP contribution >= 0.6 is 0 Å². The van der Waals surface area contributed by atoms with Crippen LogP contribution in [0.25, 0.3) is 0 Å². The maximum atomic E-state index is 12.0. The van der Waals surface area contributed by atoms with Crippen LogP contribution < -0.4 is 5.90 Å². The van der Waals surface area contributed by atoms with Crippen LogP contribution in [0.5, 0.6) is 0 Å². The van der Waals surface area contributed by atoms with E-state index in [1.807, 2.05) is 4.90 Å². The third-order valence-corrected chi connectivity index (χ3v) is 3.28. The van der Waals surface area contributed by atoms with Crippen LogP contribution in [-0.4, -0.2) is 30.5 Å². The van der Waals surface area contributed by atoms with Crippen molar-refractivity contribution in [3.63, 3.8) is 0 Å². The van der Waals surface area contributed by atoms with Gasteiger partial charge in [-0.1, -0.05) is 0 Å². The Morgan fingerprint density at radius 1 is 1.53 bits per heavy atom. The van der Waals surface area contributed by atoms with Crippen molar-refractivity contribution in [1.82, 2.24) is 4.90 Å². The van der Waals surface area contributed by atoms with Crippen LogP contribution in [-0.2, 0) is 4.84 Å². The number of hydrogen-bond acceptors (Lipinski definition) is 4. The van der Waals surface area contributed by atoms with Crippen molar-refractivity contribution in [2.75, 3.05) is 19.7 Å². The van der Waals surface area contributed by atoms with Gasteiger partial charge in [-0.25, -0.2) is 5.90 Å². The molecule has 0 radical (unpaired) electrons. The molecule has 5 nitrogen and oxygen atoms in total. The number of hydrogen-bond donors (Lipinski definition) is 1. The molecular formula is C12H18N2O3. The van der Waals surface area contributed by atoms with Gasteiger partial charge in [0, 0.05) is 13.1 Å². The summed E-state index contributed by atoms with van der Waals surface area (Å²) < 4.78 is 5.11. The van der Waals surface area contributed by atoms with Gasteiger partial charge in [0.1, 0.15) is 0 Å². The van der Waals surface area contributed by atoms with Crippen LogP contribution in [0.3, 0.4) is 0 Å². The van der Waals surface area contributed by atoms with Crippen LogP contribution in [0.15, 0.2) is 22.8 Å². The van der Waals surface area contributed by atoms with Gasteiger partial charge in [0.15, 0.2) is 5.76 Å². The lowest BCUT2D eigenvalue weighted by Gasteiger charge is -2.31. The van der Waals surface area contributed by atoms with Crippen LogP contribution in [0.2, 0.25) is 0 Å². The number of carbonyl (C=O) groups is 1. The summed E-state index contributed by atoms with van der Waals surface area (Å²) in [6.45, 7) is 2.17. The zero-order valence-corrected chi connectivity index (χ0v) is 9.80. The van der Waals surface area contributed by atoms with E-state index in [0.717, 1.165) is 32.4 Å². The van der Waals surface area contributed by atoms with Crippen molar-refractivity contribution in [1.29, 1.82) is 0 Å². The summed E-state index contributed by atoms with van der Waals surface area (Å²) in [6.07, 6.45) is 4.52. The Morgan fingerprint density at radius 2 is 2.29 bits per heavy atom. The topological polar surface area (TPSA) is 68.7 Å². The Morgan fingerprint density at radius 3 is 2.88 bits per heavy atom. The molecule has 2 N–H and O–H groups in total. The van der Waals surface area contributed by atoms with Gasteiger partial charge in [-0.2, -0.15) is 0 Å². The fourth-order valence-electron chi connectivity index (χ4n) is 2.22. The number of furan rings is 1. The third-order valence-electron chi connectivity index (χ3n) is 3.28. The number of amides is 1. The number of nitrogens with zero attached hydrogens (tertiary/aromatic N) is 1. The highest BCUT2D eigenvalue weighted by atomic mass is 16.6. The Labute approximate surface area is 100 Å². The zero-order valence-electron chi connectivity index (χ0n) is 9.80. The summed E-state index contributed by atoms with van der Waals surface area (Å²) in [7, 11) is 0. The van der Waals surface area contributed by atoms with E-state index in [4.69, 9.17) is 10.3 Å². The van der Waals surface area contributed by atoms with Crippen molar-refractivity contribution < 1.29 is 14.0 Å². The standard InChI is InChI=1S/C12H18N2O3/c13-17-9-5-10-3-6-14(7-4-10)12(15)11-2-1-8-16-11/h1-2,8,10H,3-7,9,13H2. The number of likely N-dealkylation sites (tertiary alicyclic amines) is 1. The molecule has 1 aliphatic heterocycles. The van der Waals surface area contributed by atoms with E-state index in [1.54, 1.807) is 12.1 Å². The minimum absolute atomic E-state index is 0.0106. The van der Waals surface area contributed by atoms with E-state index in [-0.39, 0.29) is 5.91 Å². The lowest BCUT2D eigenvalue weighted by atomic mass is 9.94. The molecule has 1 amide bonds. The van der Waals surface area contributed by atoms with Crippen molar-refractivity contribution in [3.8, 4) is 0 Å². The average molecular weight is 238 g/mol. The predicted octanol–water partition coefficient (Wildman–Crippen LogP) is 1.41. The molecule has 0 unspecified atom stereocenters. The molecule has 0 bridgehead atoms. The predicted molar refractivity (Wildman–Crippen MR) is 62.1 cm³/mol. The van der Waals surface area contributed by atoms with Gasteiger partial charge >= 0.3 is 0 Å². The SMILES string of the molecule is NOCCC1CCN(C(=O)c2ccco2)CC1. The average Bonchev–Trinajstić information content (AvgIpc) is 2.90. The molecule has 1 aromatic heterocycles. The van der Waals surface area contributed by atoms with Gasteiger partial charge in [0.2, 0.25) is 0 Å². The fourth-order valence-corrected chi connectivity index (χ4v) is 2.22. The van der Waals surface area contributed by atoms with E-state index in [9.17, 15) is 4.79 Å². The number of nitrogens with two attached hydrogens (primary N) is 1. The van der Waals surface area contributed by atoms with Gasteiger partial charge < -0.3 is 14.2 Å². The van der Waals surface area contributed by atoms with Gasteiger partial charge in [-0.3, -0.25) is 4.79 Å². The molecule has 2 rings (SSSR count). The van der Waals surface area contributed by atoms with E-state index in [0.29, 0.717) is 18.3 Å². The molecule has 0 spiro atoms. The minimum atomic E-state index is -0.0106. The highest BCUT2D eigenvalue weighted by molar-refractivity contribution is 5.91. The Balaban J connectivity index is 1.81. The maximum Gasteiger partial charge on any atom is 0.289 e. The minimum Gasteiger partial charge on any atom is -0.459 e. The summed E-state index contributed by atoms with van der Waals surface area (Å²) in [5.41, 5.74) is 0. The van der Waals surface area contributed by atoms with E-state index in [1.165, 1.54) is 6.26 Å². The van der Waals surface area contributed by atoms with Crippen LogP contribution in [0.4, 0.5) is 0 Å². The first-order valence-corrected chi connectivity index (χ1v) is 5.95. The first-order chi connectivity index (χ1) is 8.31. The van der Waals surface area contributed by atoms with E-state index < -0.39 is 0 Å². The molecule has 1 fully saturated rings. The quantitative estimate of drug-likeness (QED) is 0.805. The molecule has 1 aliphatic rings. The van der Waals surface area contributed by atoms with Crippen molar-refractivity contribution in [2.45, 2.75) is 19.3 Å². The summed E-state index contributed by atoms with van der Waals surface area (Å²) >= 11 is 0. The summed E-state index contributed by atoms with van der Waals surface area (Å²) in [4.78, 5) is 18.4. The van der Waals surface area contributed by atoms with Gasteiger partial charge in [-0.05, 0) is 37.3 Å². The molecular weight excluding hydrogens is 220 g/mol.